The van der Waals surface area contributed by atoms with Gasteiger partial charge in [-0.1, -0.05) is 11.6 Å². The van der Waals surface area contributed by atoms with E-state index < -0.39 is 0 Å². The third kappa shape index (κ3) is 1.44. The molecule has 0 aromatic heterocycles. The van der Waals surface area contributed by atoms with Gasteiger partial charge in [0.1, 0.15) is 5.75 Å². The number of halogens is 1. The summed E-state index contributed by atoms with van der Waals surface area (Å²) in [5.74, 6) is 0.490. The van der Waals surface area contributed by atoms with E-state index in [0.717, 1.165) is 12.0 Å². The molecule has 0 unspecified atom stereocenters. The zero-order valence-electron chi connectivity index (χ0n) is 7.76. The number of benzene rings is 1. The Hall–Kier alpha value is -1.22. The summed E-state index contributed by atoms with van der Waals surface area (Å²) < 4.78 is 5.05. The fourth-order valence-corrected chi connectivity index (χ4v) is 1.84. The number of carbonyl (C=O) groups is 1. The van der Waals surface area contributed by atoms with E-state index in [1.54, 1.807) is 12.1 Å². The summed E-state index contributed by atoms with van der Waals surface area (Å²) in [5, 5.41) is 3.33. The van der Waals surface area contributed by atoms with Crippen molar-refractivity contribution in [1.82, 2.24) is 5.32 Å². The second-order valence-corrected chi connectivity index (χ2v) is 3.56. The fourth-order valence-electron chi connectivity index (χ4n) is 1.58. The Morgan fingerprint density at radius 3 is 3.00 bits per heavy atom. The average molecular weight is 212 g/mol. The summed E-state index contributed by atoms with van der Waals surface area (Å²) in [4.78, 5) is 11.5. The van der Waals surface area contributed by atoms with E-state index in [2.05, 4.69) is 5.32 Å². The molecule has 0 radical (unpaired) electrons. The van der Waals surface area contributed by atoms with Gasteiger partial charge in [-0.05, 0) is 24.1 Å². The second-order valence-electron chi connectivity index (χ2n) is 3.15. The molecule has 14 heavy (non-hydrogen) atoms. The molecule has 3 nitrogen and oxygen atoms in total. The molecule has 1 N–H and O–H groups in total. The van der Waals surface area contributed by atoms with Gasteiger partial charge in [0.05, 0.1) is 12.1 Å². The van der Waals surface area contributed by atoms with Gasteiger partial charge in [-0.25, -0.2) is 0 Å². The SMILES string of the molecule is COc1cc2c(cc1Cl)CCNC2=O. The molecule has 1 aromatic carbocycles. The van der Waals surface area contributed by atoms with Crippen LogP contribution in [0.15, 0.2) is 12.1 Å². The lowest BCUT2D eigenvalue weighted by atomic mass is 10.0. The minimum absolute atomic E-state index is 0.0544. The molecule has 74 valence electrons. The highest BCUT2D eigenvalue weighted by Crippen LogP contribution is 2.29. The molecule has 2 rings (SSSR count). The molecule has 1 amide bonds. The molecule has 0 atom stereocenters. The molecule has 0 saturated carbocycles. The number of hydrogen-bond acceptors (Lipinski definition) is 2. The number of fused-ring (bicyclic) bond motifs is 1. The standard InChI is InChI=1S/C10H10ClNO2/c1-14-9-5-7-6(4-8(9)11)2-3-12-10(7)13/h4-5H,2-3H2,1H3,(H,12,13). The van der Waals surface area contributed by atoms with Gasteiger partial charge in [-0.15, -0.1) is 0 Å². The van der Waals surface area contributed by atoms with E-state index in [4.69, 9.17) is 16.3 Å². The molecule has 0 aliphatic carbocycles. The number of rotatable bonds is 1. The van der Waals surface area contributed by atoms with Crippen LogP contribution in [0.25, 0.3) is 0 Å². The summed E-state index contributed by atoms with van der Waals surface area (Å²) in [5.41, 5.74) is 1.65. The predicted molar refractivity (Wildman–Crippen MR) is 54.0 cm³/mol. The third-order valence-corrected chi connectivity index (χ3v) is 2.60. The van der Waals surface area contributed by atoms with Gasteiger partial charge in [0.2, 0.25) is 0 Å². The number of carbonyl (C=O) groups excluding carboxylic acids is 1. The Kier molecular flexibility index (Phi) is 2.33. The predicted octanol–water partition coefficient (Wildman–Crippen LogP) is 1.63. The Labute approximate surface area is 87.0 Å². The Balaban J connectivity index is 2.54. The third-order valence-electron chi connectivity index (χ3n) is 2.30. The lowest BCUT2D eigenvalue weighted by molar-refractivity contribution is 0.0945. The van der Waals surface area contributed by atoms with Crippen LogP contribution in [0.5, 0.6) is 5.75 Å². The molecule has 4 heteroatoms. The van der Waals surface area contributed by atoms with Crippen LogP contribution in [0.3, 0.4) is 0 Å². The van der Waals surface area contributed by atoms with E-state index in [1.165, 1.54) is 7.11 Å². The first-order chi connectivity index (χ1) is 6.72. The highest BCUT2D eigenvalue weighted by molar-refractivity contribution is 6.32. The molecule has 0 bridgehead atoms. The summed E-state index contributed by atoms with van der Waals surface area (Å²) >= 11 is 5.95. The topological polar surface area (TPSA) is 38.3 Å². The van der Waals surface area contributed by atoms with Crippen LogP contribution in [0.2, 0.25) is 5.02 Å². The average Bonchev–Trinajstić information content (AvgIpc) is 2.17. The van der Waals surface area contributed by atoms with Crippen molar-refractivity contribution >= 4 is 17.5 Å². The molecular formula is C10H10ClNO2. The monoisotopic (exact) mass is 211 g/mol. The summed E-state index contributed by atoms with van der Waals surface area (Å²) in [7, 11) is 1.54. The van der Waals surface area contributed by atoms with Crippen molar-refractivity contribution in [1.29, 1.82) is 0 Å². The van der Waals surface area contributed by atoms with Crippen molar-refractivity contribution in [3.8, 4) is 5.75 Å². The van der Waals surface area contributed by atoms with Gasteiger partial charge in [-0.3, -0.25) is 4.79 Å². The number of amides is 1. The van der Waals surface area contributed by atoms with Crippen LogP contribution in [-0.4, -0.2) is 19.6 Å². The molecule has 0 saturated heterocycles. The van der Waals surface area contributed by atoms with Gasteiger partial charge in [0.25, 0.3) is 5.91 Å². The van der Waals surface area contributed by atoms with Gasteiger partial charge < -0.3 is 10.1 Å². The van der Waals surface area contributed by atoms with Crippen molar-refractivity contribution < 1.29 is 9.53 Å². The van der Waals surface area contributed by atoms with Crippen LogP contribution < -0.4 is 10.1 Å². The Morgan fingerprint density at radius 1 is 1.50 bits per heavy atom. The van der Waals surface area contributed by atoms with Crippen molar-refractivity contribution in [2.45, 2.75) is 6.42 Å². The van der Waals surface area contributed by atoms with Crippen molar-refractivity contribution in [2.24, 2.45) is 0 Å². The van der Waals surface area contributed by atoms with Crippen molar-refractivity contribution in [3.63, 3.8) is 0 Å². The molecule has 0 fully saturated rings. The zero-order valence-corrected chi connectivity index (χ0v) is 8.52. The summed E-state index contributed by atoms with van der Waals surface area (Å²) in [6, 6.07) is 3.49. The van der Waals surface area contributed by atoms with E-state index in [-0.39, 0.29) is 5.91 Å². The Morgan fingerprint density at radius 2 is 2.29 bits per heavy atom. The molecule has 0 spiro atoms. The van der Waals surface area contributed by atoms with Crippen LogP contribution in [0.1, 0.15) is 15.9 Å². The van der Waals surface area contributed by atoms with E-state index in [1.807, 2.05) is 0 Å². The van der Waals surface area contributed by atoms with E-state index in [0.29, 0.717) is 22.9 Å². The first-order valence-electron chi connectivity index (χ1n) is 4.37. The van der Waals surface area contributed by atoms with Gasteiger partial charge >= 0.3 is 0 Å². The van der Waals surface area contributed by atoms with Gasteiger partial charge in [0.15, 0.2) is 0 Å². The van der Waals surface area contributed by atoms with E-state index >= 15 is 0 Å². The van der Waals surface area contributed by atoms with Crippen molar-refractivity contribution in [2.75, 3.05) is 13.7 Å². The Bertz CT molecular complexity index is 390. The maximum absolute atomic E-state index is 11.5. The smallest absolute Gasteiger partial charge is 0.251 e. The van der Waals surface area contributed by atoms with Gasteiger partial charge in [-0.2, -0.15) is 0 Å². The second kappa shape index (κ2) is 3.50. The van der Waals surface area contributed by atoms with Crippen LogP contribution in [0.4, 0.5) is 0 Å². The zero-order chi connectivity index (χ0) is 10.1. The maximum Gasteiger partial charge on any atom is 0.251 e. The van der Waals surface area contributed by atoms with Crippen LogP contribution in [0, 0.1) is 0 Å². The van der Waals surface area contributed by atoms with Crippen molar-refractivity contribution in [3.05, 3.63) is 28.3 Å². The minimum Gasteiger partial charge on any atom is -0.495 e. The number of ether oxygens (including phenoxy) is 1. The minimum atomic E-state index is -0.0544. The van der Waals surface area contributed by atoms with Crippen LogP contribution in [-0.2, 0) is 6.42 Å². The molecule has 1 aliphatic rings. The molecular weight excluding hydrogens is 202 g/mol. The van der Waals surface area contributed by atoms with Crippen LogP contribution >= 0.6 is 11.6 Å². The number of nitrogens with one attached hydrogen (secondary N) is 1. The first kappa shape index (κ1) is 9.34. The normalized spacial score (nSPS) is 14.6. The van der Waals surface area contributed by atoms with Gasteiger partial charge in [0, 0.05) is 12.1 Å². The fraction of sp³-hybridized carbons (Fsp3) is 0.300. The highest BCUT2D eigenvalue weighted by atomic mass is 35.5. The number of methoxy groups -OCH3 is 1. The summed E-state index contributed by atoms with van der Waals surface area (Å²) in [6.45, 7) is 0.675. The molecule has 1 heterocycles. The largest absolute Gasteiger partial charge is 0.495 e. The molecule has 1 aliphatic heterocycles. The summed E-state index contributed by atoms with van der Waals surface area (Å²) in [6.07, 6.45) is 0.824. The first-order valence-corrected chi connectivity index (χ1v) is 4.75. The maximum atomic E-state index is 11.5. The van der Waals surface area contributed by atoms with E-state index in [9.17, 15) is 4.79 Å². The number of hydrogen-bond donors (Lipinski definition) is 1. The highest BCUT2D eigenvalue weighted by Gasteiger charge is 2.18. The molecule has 1 aromatic rings. The lowest BCUT2D eigenvalue weighted by Gasteiger charge is -2.17. The quantitative estimate of drug-likeness (QED) is 0.767. The lowest BCUT2D eigenvalue weighted by Crippen LogP contribution is -2.31.